The molecule has 0 bridgehead atoms. The van der Waals surface area contributed by atoms with Gasteiger partial charge in [0, 0.05) is 3.57 Å². The Morgan fingerprint density at radius 1 is 1.55 bits per heavy atom. The van der Waals surface area contributed by atoms with Crippen LogP contribution in [0.1, 0.15) is 0 Å². The summed E-state index contributed by atoms with van der Waals surface area (Å²) in [5.41, 5.74) is -0.0985. The Morgan fingerprint density at radius 2 is 2.18 bits per heavy atom. The average molecular weight is 281 g/mol. The highest BCUT2D eigenvalue weighted by Crippen LogP contribution is 2.31. The van der Waals surface area contributed by atoms with Gasteiger partial charge >= 0.3 is 0 Å². The molecule has 0 N–H and O–H groups in total. The molecule has 11 heavy (non-hydrogen) atoms. The zero-order valence-corrected chi connectivity index (χ0v) is 8.15. The van der Waals surface area contributed by atoms with Crippen molar-refractivity contribution in [2.75, 3.05) is 0 Å². The molecular formula is C7H2ClFIN. The molecule has 0 heterocycles. The van der Waals surface area contributed by atoms with Crippen LogP contribution in [0.4, 0.5) is 10.1 Å². The monoisotopic (exact) mass is 281 g/mol. The minimum Gasteiger partial charge on any atom is -0.233 e. The first-order valence-corrected chi connectivity index (χ1v) is 4.13. The molecule has 0 unspecified atom stereocenters. The van der Waals surface area contributed by atoms with Gasteiger partial charge in [0.25, 0.3) is 0 Å². The van der Waals surface area contributed by atoms with Crippen LogP contribution in [-0.4, -0.2) is 0 Å². The smallest absolute Gasteiger partial charge is 0.233 e. The van der Waals surface area contributed by atoms with E-state index in [-0.39, 0.29) is 10.7 Å². The van der Waals surface area contributed by atoms with E-state index in [0.717, 1.165) is 0 Å². The van der Waals surface area contributed by atoms with Crippen molar-refractivity contribution < 1.29 is 4.39 Å². The maximum Gasteiger partial charge on any atom is 0.241 e. The van der Waals surface area contributed by atoms with Gasteiger partial charge < -0.3 is 0 Å². The highest BCUT2D eigenvalue weighted by atomic mass is 127. The second-order valence-corrected chi connectivity index (χ2v) is 3.34. The third-order valence-corrected chi connectivity index (χ3v) is 2.73. The molecule has 0 aliphatic rings. The van der Waals surface area contributed by atoms with Gasteiger partial charge in [-0.2, -0.15) is 0 Å². The van der Waals surface area contributed by atoms with Crippen molar-refractivity contribution >= 4 is 39.9 Å². The van der Waals surface area contributed by atoms with Crippen LogP contribution >= 0.6 is 34.2 Å². The van der Waals surface area contributed by atoms with E-state index in [4.69, 9.17) is 18.2 Å². The van der Waals surface area contributed by atoms with Crippen LogP contribution in [0, 0.1) is 16.0 Å². The van der Waals surface area contributed by atoms with Crippen molar-refractivity contribution in [3.63, 3.8) is 0 Å². The lowest BCUT2D eigenvalue weighted by molar-refractivity contribution is 0.633. The fourth-order valence-corrected chi connectivity index (χ4v) is 1.25. The summed E-state index contributed by atoms with van der Waals surface area (Å²) in [5.74, 6) is -0.564. The molecule has 0 aromatic heterocycles. The number of halogens is 3. The van der Waals surface area contributed by atoms with E-state index in [1.54, 1.807) is 0 Å². The molecule has 0 aliphatic carbocycles. The normalized spacial score (nSPS) is 9.27. The molecule has 0 spiro atoms. The van der Waals surface area contributed by atoms with Gasteiger partial charge in [-0.15, -0.1) is 0 Å². The van der Waals surface area contributed by atoms with Crippen molar-refractivity contribution in [1.82, 2.24) is 0 Å². The van der Waals surface area contributed by atoms with Gasteiger partial charge in [0.05, 0.1) is 11.6 Å². The molecular weight excluding hydrogens is 279 g/mol. The van der Waals surface area contributed by atoms with Gasteiger partial charge in [0.1, 0.15) is 5.82 Å². The van der Waals surface area contributed by atoms with Gasteiger partial charge in [-0.3, -0.25) is 0 Å². The number of benzene rings is 1. The van der Waals surface area contributed by atoms with Crippen LogP contribution in [0.5, 0.6) is 0 Å². The lowest BCUT2D eigenvalue weighted by Gasteiger charge is -1.98. The Hall–Kier alpha value is -0.340. The lowest BCUT2D eigenvalue weighted by Crippen LogP contribution is -1.78. The summed E-state index contributed by atoms with van der Waals surface area (Å²) in [5, 5.41) is 0.195. The van der Waals surface area contributed by atoms with Crippen LogP contribution in [0.3, 0.4) is 0 Å². The lowest BCUT2D eigenvalue weighted by atomic mass is 10.3. The van der Waals surface area contributed by atoms with E-state index < -0.39 is 5.82 Å². The Balaban J connectivity index is 3.44. The third-order valence-electron chi connectivity index (χ3n) is 1.13. The van der Waals surface area contributed by atoms with E-state index in [0.29, 0.717) is 3.57 Å². The summed E-state index contributed by atoms with van der Waals surface area (Å²) in [4.78, 5) is 2.97. The standard InChI is InChI=1S/C7H2ClFIN/c1-11-7-4(9)2-3-5(10)6(7)8/h2-3H. The number of hydrogen-bond donors (Lipinski definition) is 0. The van der Waals surface area contributed by atoms with E-state index in [9.17, 15) is 4.39 Å². The predicted molar refractivity (Wildman–Crippen MR) is 50.4 cm³/mol. The number of rotatable bonds is 0. The zero-order chi connectivity index (χ0) is 8.43. The summed E-state index contributed by atoms with van der Waals surface area (Å²) in [6.07, 6.45) is 0. The molecule has 1 rings (SSSR count). The first kappa shape index (κ1) is 8.75. The first-order chi connectivity index (χ1) is 5.16. The Morgan fingerprint density at radius 3 is 2.64 bits per heavy atom. The molecule has 0 amide bonds. The molecule has 56 valence electrons. The summed E-state index contributed by atoms with van der Waals surface area (Å²) < 4.78 is 13.4. The van der Waals surface area contributed by atoms with Crippen molar-refractivity contribution in [2.45, 2.75) is 0 Å². The van der Waals surface area contributed by atoms with Crippen LogP contribution in [0.2, 0.25) is 5.02 Å². The largest absolute Gasteiger partial charge is 0.241 e. The SMILES string of the molecule is [C-]#[N+]c1c(F)ccc(I)c1Cl. The second kappa shape index (κ2) is 3.37. The third kappa shape index (κ3) is 1.63. The summed E-state index contributed by atoms with van der Waals surface area (Å²) in [6.45, 7) is 6.62. The van der Waals surface area contributed by atoms with Gasteiger partial charge in [-0.25, -0.2) is 9.24 Å². The second-order valence-electron chi connectivity index (χ2n) is 1.80. The fraction of sp³-hybridized carbons (Fsp3) is 0. The number of nitrogens with zero attached hydrogens (tertiary/aromatic N) is 1. The van der Waals surface area contributed by atoms with E-state index >= 15 is 0 Å². The molecule has 0 fully saturated rings. The highest BCUT2D eigenvalue weighted by Gasteiger charge is 2.09. The summed E-state index contributed by atoms with van der Waals surface area (Å²) >= 11 is 7.59. The molecule has 0 radical (unpaired) electrons. The van der Waals surface area contributed by atoms with Crippen molar-refractivity contribution in [2.24, 2.45) is 0 Å². The maximum atomic E-state index is 12.7. The molecule has 4 heteroatoms. The Labute approximate surface area is 82.1 Å². The van der Waals surface area contributed by atoms with Crippen LogP contribution < -0.4 is 0 Å². The van der Waals surface area contributed by atoms with Crippen molar-refractivity contribution in [1.29, 1.82) is 0 Å². The van der Waals surface area contributed by atoms with Gasteiger partial charge in [-0.1, -0.05) is 11.6 Å². The molecule has 1 aromatic carbocycles. The topological polar surface area (TPSA) is 4.36 Å². The van der Waals surface area contributed by atoms with Gasteiger partial charge in [-0.05, 0) is 34.7 Å². The fourth-order valence-electron chi connectivity index (χ4n) is 0.619. The van der Waals surface area contributed by atoms with Crippen molar-refractivity contribution in [3.05, 3.63) is 38.0 Å². The molecule has 1 aromatic rings. The van der Waals surface area contributed by atoms with Gasteiger partial charge in [0.2, 0.25) is 5.69 Å². The average Bonchev–Trinajstić information content (AvgIpc) is 1.99. The van der Waals surface area contributed by atoms with Crippen LogP contribution in [0.15, 0.2) is 12.1 Å². The van der Waals surface area contributed by atoms with Crippen molar-refractivity contribution in [3.8, 4) is 0 Å². The Kier molecular flexibility index (Phi) is 2.68. The molecule has 0 atom stereocenters. The molecule has 0 aliphatic heterocycles. The van der Waals surface area contributed by atoms with E-state index in [1.807, 2.05) is 22.6 Å². The highest BCUT2D eigenvalue weighted by molar-refractivity contribution is 14.1. The van der Waals surface area contributed by atoms with Crippen LogP contribution in [0.25, 0.3) is 4.85 Å². The predicted octanol–water partition coefficient (Wildman–Crippen LogP) is 3.63. The minimum atomic E-state index is -0.564. The van der Waals surface area contributed by atoms with E-state index in [1.165, 1.54) is 12.1 Å². The summed E-state index contributed by atoms with van der Waals surface area (Å²) in [6, 6.07) is 2.77. The first-order valence-electron chi connectivity index (χ1n) is 2.67. The number of hydrogen-bond acceptors (Lipinski definition) is 0. The molecule has 0 saturated carbocycles. The van der Waals surface area contributed by atoms with Gasteiger partial charge in [0.15, 0.2) is 0 Å². The summed E-state index contributed by atoms with van der Waals surface area (Å²) in [7, 11) is 0. The maximum absolute atomic E-state index is 12.7. The van der Waals surface area contributed by atoms with E-state index in [2.05, 4.69) is 4.85 Å². The minimum absolute atomic E-state index is 0.0985. The molecule has 1 nitrogen and oxygen atoms in total. The Bertz CT molecular complexity index is 332. The zero-order valence-electron chi connectivity index (χ0n) is 5.24. The quantitative estimate of drug-likeness (QED) is 0.388. The molecule has 0 saturated heterocycles. The van der Waals surface area contributed by atoms with Crippen LogP contribution in [-0.2, 0) is 0 Å².